The number of rotatable bonds is 11. The highest BCUT2D eigenvalue weighted by Gasteiger charge is 2.22. The van der Waals surface area contributed by atoms with Crippen molar-refractivity contribution in [2.75, 3.05) is 26.0 Å². The molecule has 98 valence electrons. The molecule has 0 fully saturated rings. The molecule has 0 atom stereocenters. The van der Waals surface area contributed by atoms with Crippen molar-refractivity contribution in [1.29, 1.82) is 0 Å². The first kappa shape index (κ1) is 16.1. The fraction of sp³-hybridized carbons (Fsp3) is 1.00. The average molecular weight is 251 g/mol. The topological polar surface area (TPSA) is 47.6 Å². The molecular formula is C11H26NO3P. The van der Waals surface area contributed by atoms with Crippen LogP contribution < -0.4 is 5.32 Å². The molecule has 0 amide bonds. The van der Waals surface area contributed by atoms with E-state index >= 15 is 0 Å². The summed E-state index contributed by atoms with van der Waals surface area (Å²) in [6.45, 7) is 7.57. The summed E-state index contributed by atoms with van der Waals surface area (Å²) in [7, 11) is -2.89. The first-order chi connectivity index (χ1) is 7.68. The van der Waals surface area contributed by atoms with Crippen LogP contribution in [0.15, 0.2) is 0 Å². The summed E-state index contributed by atoms with van der Waals surface area (Å²) in [5.74, 6) is 0. The standard InChI is InChI=1S/C11H26NO3P/c1-4-7-8-9-10-12-11-16(13,14-5-2)15-6-3/h12H,4-11H2,1-3H3. The van der Waals surface area contributed by atoms with E-state index in [4.69, 9.17) is 9.05 Å². The van der Waals surface area contributed by atoms with Crippen molar-refractivity contribution >= 4 is 7.60 Å². The van der Waals surface area contributed by atoms with Gasteiger partial charge < -0.3 is 14.4 Å². The molecule has 16 heavy (non-hydrogen) atoms. The van der Waals surface area contributed by atoms with Crippen molar-refractivity contribution in [2.24, 2.45) is 0 Å². The highest BCUT2D eigenvalue weighted by atomic mass is 31.2. The Morgan fingerprint density at radius 1 is 1.00 bits per heavy atom. The summed E-state index contributed by atoms with van der Waals surface area (Å²) in [6, 6.07) is 0. The maximum absolute atomic E-state index is 12.0. The van der Waals surface area contributed by atoms with Gasteiger partial charge in [-0.25, -0.2) is 0 Å². The summed E-state index contributed by atoms with van der Waals surface area (Å²) >= 11 is 0. The van der Waals surface area contributed by atoms with Crippen LogP contribution in [0.4, 0.5) is 0 Å². The molecule has 0 saturated heterocycles. The predicted molar refractivity (Wildman–Crippen MR) is 67.9 cm³/mol. The summed E-state index contributed by atoms with van der Waals surface area (Å²) in [6.07, 6.45) is 5.15. The van der Waals surface area contributed by atoms with E-state index in [0.717, 1.165) is 13.0 Å². The zero-order chi connectivity index (χ0) is 12.3. The average Bonchev–Trinajstić information content (AvgIpc) is 2.24. The van der Waals surface area contributed by atoms with Crippen LogP contribution in [0.25, 0.3) is 0 Å². The van der Waals surface area contributed by atoms with Crippen LogP contribution in [-0.2, 0) is 13.6 Å². The third-order valence-corrected chi connectivity index (χ3v) is 4.08. The highest BCUT2D eigenvalue weighted by Crippen LogP contribution is 2.46. The van der Waals surface area contributed by atoms with Gasteiger partial charge in [0, 0.05) is 0 Å². The van der Waals surface area contributed by atoms with Crippen LogP contribution >= 0.6 is 7.60 Å². The molecule has 1 N–H and O–H groups in total. The van der Waals surface area contributed by atoms with Gasteiger partial charge in [0.15, 0.2) is 0 Å². The van der Waals surface area contributed by atoms with Crippen LogP contribution in [-0.4, -0.2) is 26.0 Å². The van der Waals surface area contributed by atoms with E-state index in [2.05, 4.69) is 12.2 Å². The third-order valence-electron chi connectivity index (χ3n) is 2.16. The van der Waals surface area contributed by atoms with E-state index < -0.39 is 7.60 Å². The Kier molecular flexibility index (Phi) is 10.3. The molecule has 5 heteroatoms. The summed E-state index contributed by atoms with van der Waals surface area (Å²) in [5, 5.41) is 3.14. The maximum Gasteiger partial charge on any atom is 0.344 e. The molecule has 0 aromatic carbocycles. The summed E-state index contributed by atoms with van der Waals surface area (Å²) < 4.78 is 22.3. The quantitative estimate of drug-likeness (QED) is 0.451. The number of hydrogen-bond acceptors (Lipinski definition) is 4. The maximum atomic E-state index is 12.0. The van der Waals surface area contributed by atoms with Gasteiger partial charge in [0.2, 0.25) is 0 Å². The lowest BCUT2D eigenvalue weighted by Gasteiger charge is -2.17. The van der Waals surface area contributed by atoms with Gasteiger partial charge in [-0.2, -0.15) is 0 Å². The molecule has 0 heterocycles. The van der Waals surface area contributed by atoms with Gasteiger partial charge in [-0.1, -0.05) is 26.2 Å². The molecule has 0 aliphatic carbocycles. The third kappa shape index (κ3) is 8.28. The number of nitrogens with one attached hydrogen (secondary N) is 1. The van der Waals surface area contributed by atoms with Gasteiger partial charge in [0.05, 0.1) is 19.5 Å². The number of hydrogen-bond donors (Lipinski definition) is 1. The molecule has 0 spiro atoms. The minimum absolute atomic E-state index is 0.320. The minimum Gasteiger partial charge on any atom is -0.308 e. The Morgan fingerprint density at radius 2 is 1.62 bits per heavy atom. The molecule has 0 aromatic rings. The lowest BCUT2D eigenvalue weighted by Crippen LogP contribution is -2.19. The zero-order valence-corrected chi connectivity index (χ0v) is 11.7. The second-order valence-corrected chi connectivity index (χ2v) is 5.72. The molecule has 0 radical (unpaired) electrons. The van der Waals surface area contributed by atoms with E-state index in [1.165, 1.54) is 19.3 Å². The van der Waals surface area contributed by atoms with E-state index in [-0.39, 0.29) is 0 Å². The van der Waals surface area contributed by atoms with Crippen molar-refractivity contribution in [3.8, 4) is 0 Å². The second-order valence-electron chi connectivity index (χ2n) is 3.67. The van der Waals surface area contributed by atoms with Gasteiger partial charge in [-0.05, 0) is 26.8 Å². The smallest absolute Gasteiger partial charge is 0.308 e. The Hall–Kier alpha value is 0.110. The van der Waals surface area contributed by atoms with Crippen LogP contribution in [0.1, 0.15) is 46.5 Å². The van der Waals surface area contributed by atoms with E-state index in [1.807, 2.05) is 13.8 Å². The SMILES string of the molecule is CCCCCCNCP(=O)(OCC)OCC. The first-order valence-corrected chi connectivity index (χ1v) is 8.00. The normalized spacial score (nSPS) is 11.9. The fourth-order valence-corrected chi connectivity index (χ4v) is 2.89. The molecule has 0 saturated carbocycles. The van der Waals surface area contributed by atoms with Crippen molar-refractivity contribution in [3.63, 3.8) is 0 Å². The summed E-state index contributed by atoms with van der Waals surface area (Å²) in [5.41, 5.74) is 0. The van der Waals surface area contributed by atoms with Crippen LogP contribution in [0.2, 0.25) is 0 Å². The van der Waals surface area contributed by atoms with E-state index in [1.54, 1.807) is 0 Å². The molecule has 0 aliphatic rings. The van der Waals surface area contributed by atoms with Gasteiger partial charge in [0.25, 0.3) is 0 Å². The van der Waals surface area contributed by atoms with Gasteiger partial charge in [-0.15, -0.1) is 0 Å². The Morgan fingerprint density at radius 3 is 2.12 bits per heavy atom. The molecule has 0 aliphatic heterocycles. The van der Waals surface area contributed by atoms with Gasteiger partial charge >= 0.3 is 7.60 Å². The van der Waals surface area contributed by atoms with Gasteiger partial charge in [0.1, 0.15) is 0 Å². The van der Waals surface area contributed by atoms with Gasteiger partial charge in [-0.3, -0.25) is 4.57 Å². The first-order valence-electron chi connectivity index (χ1n) is 6.27. The monoisotopic (exact) mass is 251 g/mol. The van der Waals surface area contributed by atoms with Crippen molar-refractivity contribution in [3.05, 3.63) is 0 Å². The van der Waals surface area contributed by atoms with Crippen molar-refractivity contribution < 1.29 is 13.6 Å². The van der Waals surface area contributed by atoms with Crippen LogP contribution in [0.3, 0.4) is 0 Å². The van der Waals surface area contributed by atoms with Crippen LogP contribution in [0, 0.1) is 0 Å². The van der Waals surface area contributed by atoms with Crippen molar-refractivity contribution in [2.45, 2.75) is 46.5 Å². The molecular weight excluding hydrogens is 225 g/mol. The Bertz CT molecular complexity index is 190. The molecule has 0 bridgehead atoms. The van der Waals surface area contributed by atoms with E-state index in [9.17, 15) is 4.57 Å². The highest BCUT2D eigenvalue weighted by molar-refractivity contribution is 7.53. The predicted octanol–water partition coefficient (Wildman–Crippen LogP) is 3.38. The van der Waals surface area contributed by atoms with Crippen LogP contribution in [0.5, 0.6) is 0 Å². The Balaban J connectivity index is 3.64. The summed E-state index contributed by atoms with van der Waals surface area (Å²) in [4.78, 5) is 0. The zero-order valence-electron chi connectivity index (χ0n) is 10.8. The Labute approximate surface area is 99.6 Å². The van der Waals surface area contributed by atoms with Crippen molar-refractivity contribution in [1.82, 2.24) is 5.32 Å². The van der Waals surface area contributed by atoms with E-state index in [0.29, 0.717) is 19.5 Å². The molecule has 0 unspecified atom stereocenters. The lowest BCUT2D eigenvalue weighted by molar-refractivity contribution is 0.218. The molecule has 0 rings (SSSR count). The fourth-order valence-electron chi connectivity index (χ4n) is 1.41. The molecule has 0 aromatic heterocycles. The largest absolute Gasteiger partial charge is 0.344 e. The second kappa shape index (κ2) is 10.3. The number of unbranched alkanes of at least 4 members (excludes halogenated alkanes) is 3. The lowest BCUT2D eigenvalue weighted by atomic mass is 10.2. The minimum atomic E-state index is -2.89. The molecule has 4 nitrogen and oxygen atoms in total.